The molecule has 32 heavy (non-hydrogen) atoms. The van der Waals surface area contributed by atoms with Crippen LogP contribution in [0.1, 0.15) is 32.8 Å². The topological polar surface area (TPSA) is 93.8 Å². The zero-order valence-corrected chi connectivity index (χ0v) is 18.5. The average Bonchev–Trinajstić information content (AvgIpc) is 2.65. The standard InChI is InChI=1S/C21H30F3N5O3/c1-20(2,3)27-19(32)26-17(30)8-9-28-10-12-29(13-11-28)14-18(31)25-16-7-5-4-6-15(16)21(22,23)24/h4-7H,8-14H2,1-3H3,(H,25,31)(H2,26,27,30,32). The lowest BCUT2D eigenvalue weighted by molar-refractivity contribution is -0.137. The van der Waals surface area contributed by atoms with Crippen LogP contribution in [0.25, 0.3) is 0 Å². The Balaban J connectivity index is 1.72. The summed E-state index contributed by atoms with van der Waals surface area (Å²) in [4.78, 5) is 39.7. The molecule has 0 aliphatic carbocycles. The van der Waals surface area contributed by atoms with E-state index in [1.54, 1.807) is 0 Å². The Bertz CT molecular complexity index is 816. The third-order valence-corrected chi connectivity index (χ3v) is 4.74. The Hall–Kier alpha value is -2.66. The van der Waals surface area contributed by atoms with Crippen molar-refractivity contribution in [1.29, 1.82) is 0 Å². The lowest BCUT2D eigenvalue weighted by Gasteiger charge is -2.34. The number of urea groups is 1. The Labute approximate surface area is 185 Å². The average molecular weight is 457 g/mol. The molecule has 1 saturated heterocycles. The fourth-order valence-corrected chi connectivity index (χ4v) is 3.22. The molecule has 0 atom stereocenters. The van der Waals surface area contributed by atoms with Gasteiger partial charge in [-0.05, 0) is 32.9 Å². The van der Waals surface area contributed by atoms with E-state index in [1.165, 1.54) is 18.2 Å². The molecule has 0 unspecified atom stereocenters. The Morgan fingerprint density at radius 3 is 2.12 bits per heavy atom. The number of benzene rings is 1. The van der Waals surface area contributed by atoms with Crippen LogP contribution < -0.4 is 16.0 Å². The molecule has 0 bridgehead atoms. The van der Waals surface area contributed by atoms with Crippen molar-refractivity contribution in [1.82, 2.24) is 20.4 Å². The normalized spacial score (nSPS) is 15.8. The lowest BCUT2D eigenvalue weighted by Crippen LogP contribution is -2.50. The second-order valence-corrected chi connectivity index (χ2v) is 8.71. The summed E-state index contributed by atoms with van der Waals surface area (Å²) in [5, 5.41) is 7.28. The molecule has 0 radical (unpaired) electrons. The van der Waals surface area contributed by atoms with Gasteiger partial charge in [-0.25, -0.2) is 4.79 Å². The highest BCUT2D eigenvalue weighted by atomic mass is 19.4. The van der Waals surface area contributed by atoms with Crippen LogP contribution in [0.15, 0.2) is 24.3 Å². The molecule has 0 spiro atoms. The van der Waals surface area contributed by atoms with E-state index in [2.05, 4.69) is 16.0 Å². The van der Waals surface area contributed by atoms with Crippen molar-refractivity contribution in [2.24, 2.45) is 0 Å². The molecule has 4 amide bonds. The minimum absolute atomic E-state index is 0.0203. The summed E-state index contributed by atoms with van der Waals surface area (Å²) in [6.45, 7) is 8.17. The summed E-state index contributed by atoms with van der Waals surface area (Å²) < 4.78 is 39.2. The predicted octanol–water partition coefficient (Wildman–Crippen LogP) is 2.28. The molecule has 0 aromatic heterocycles. The van der Waals surface area contributed by atoms with E-state index in [4.69, 9.17) is 0 Å². The fourth-order valence-electron chi connectivity index (χ4n) is 3.22. The first-order valence-corrected chi connectivity index (χ1v) is 10.4. The molecule has 1 aromatic rings. The number of hydrogen-bond donors (Lipinski definition) is 3. The van der Waals surface area contributed by atoms with Crippen molar-refractivity contribution in [3.05, 3.63) is 29.8 Å². The fraction of sp³-hybridized carbons (Fsp3) is 0.571. The molecule has 2 rings (SSSR count). The van der Waals surface area contributed by atoms with Crippen molar-refractivity contribution in [3.63, 3.8) is 0 Å². The van der Waals surface area contributed by atoms with Crippen molar-refractivity contribution < 1.29 is 27.6 Å². The number of nitrogens with one attached hydrogen (secondary N) is 3. The predicted molar refractivity (Wildman–Crippen MR) is 114 cm³/mol. The highest BCUT2D eigenvalue weighted by Gasteiger charge is 2.33. The number of rotatable bonds is 6. The van der Waals surface area contributed by atoms with E-state index in [-0.39, 0.29) is 24.6 Å². The number of para-hydroxylation sites is 1. The molecule has 1 heterocycles. The summed E-state index contributed by atoms with van der Waals surface area (Å²) >= 11 is 0. The van der Waals surface area contributed by atoms with E-state index >= 15 is 0 Å². The van der Waals surface area contributed by atoms with E-state index in [0.717, 1.165) is 6.07 Å². The number of hydrogen-bond acceptors (Lipinski definition) is 5. The second kappa shape index (κ2) is 10.8. The smallest absolute Gasteiger partial charge is 0.333 e. The van der Waals surface area contributed by atoms with Crippen LogP contribution in [0, 0.1) is 0 Å². The van der Waals surface area contributed by atoms with Gasteiger partial charge in [0.05, 0.1) is 17.8 Å². The highest BCUT2D eigenvalue weighted by Crippen LogP contribution is 2.34. The van der Waals surface area contributed by atoms with Crippen molar-refractivity contribution >= 4 is 23.5 Å². The van der Waals surface area contributed by atoms with Gasteiger partial charge in [0.2, 0.25) is 11.8 Å². The van der Waals surface area contributed by atoms with E-state index in [0.29, 0.717) is 32.7 Å². The van der Waals surface area contributed by atoms with Gasteiger partial charge in [-0.1, -0.05) is 12.1 Å². The van der Waals surface area contributed by atoms with Crippen LogP contribution in [0.4, 0.5) is 23.7 Å². The quantitative estimate of drug-likeness (QED) is 0.610. The van der Waals surface area contributed by atoms with Crippen LogP contribution in [0.5, 0.6) is 0 Å². The molecule has 1 fully saturated rings. The summed E-state index contributed by atoms with van der Waals surface area (Å²) in [5.74, 6) is -0.892. The molecule has 1 aliphatic rings. The van der Waals surface area contributed by atoms with Gasteiger partial charge in [0, 0.05) is 44.7 Å². The van der Waals surface area contributed by atoms with Crippen molar-refractivity contribution in [2.45, 2.75) is 38.9 Å². The maximum Gasteiger partial charge on any atom is 0.418 e. The molecule has 8 nitrogen and oxygen atoms in total. The molecule has 11 heteroatoms. The first kappa shape index (κ1) is 25.6. The van der Waals surface area contributed by atoms with Crippen molar-refractivity contribution in [3.8, 4) is 0 Å². The van der Waals surface area contributed by atoms with Gasteiger partial charge in [0.25, 0.3) is 0 Å². The van der Waals surface area contributed by atoms with Gasteiger partial charge in [0.15, 0.2) is 0 Å². The van der Waals surface area contributed by atoms with Crippen molar-refractivity contribution in [2.75, 3.05) is 44.6 Å². The maximum atomic E-state index is 13.1. The maximum absolute atomic E-state index is 13.1. The number of imide groups is 1. The zero-order valence-electron chi connectivity index (χ0n) is 18.5. The first-order valence-electron chi connectivity index (χ1n) is 10.4. The molecular formula is C21H30F3N5O3. The third-order valence-electron chi connectivity index (χ3n) is 4.74. The lowest BCUT2D eigenvalue weighted by atomic mass is 10.1. The van der Waals surface area contributed by atoms with E-state index in [1.807, 2.05) is 30.6 Å². The van der Waals surface area contributed by atoms with Gasteiger partial charge in [-0.2, -0.15) is 13.2 Å². The number of piperazine rings is 1. The highest BCUT2D eigenvalue weighted by molar-refractivity contribution is 5.94. The van der Waals surface area contributed by atoms with Crippen LogP contribution in [-0.4, -0.2) is 72.5 Å². The third kappa shape index (κ3) is 8.83. The van der Waals surface area contributed by atoms with E-state index in [9.17, 15) is 27.6 Å². The second-order valence-electron chi connectivity index (χ2n) is 8.71. The minimum atomic E-state index is -4.55. The Morgan fingerprint density at radius 1 is 0.938 bits per heavy atom. The largest absolute Gasteiger partial charge is 0.418 e. The van der Waals surface area contributed by atoms with Crippen LogP contribution in [0.3, 0.4) is 0 Å². The molecule has 3 N–H and O–H groups in total. The van der Waals surface area contributed by atoms with Gasteiger partial charge in [0.1, 0.15) is 0 Å². The summed E-state index contributed by atoms with van der Waals surface area (Å²) in [6.07, 6.45) is -4.39. The van der Waals surface area contributed by atoms with Gasteiger partial charge in [-0.3, -0.25) is 19.8 Å². The van der Waals surface area contributed by atoms with Gasteiger partial charge in [-0.15, -0.1) is 0 Å². The Kier molecular flexibility index (Phi) is 8.62. The number of carbonyl (C=O) groups excluding carboxylic acids is 3. The van der Waals surface area contributed by atoms with E-state index < -0.39 is 29.2 Å². The number of anilines is 1. The summed E-state index contributed by atoms with van der Waals surface area (Å²) in [5.41, 5.74) is -1.58. The molecule has 178 valence electrons. The Morgan fingerprint density at radius 2 is 1.53 bits per heavy atom. The summed E-state index contributed by atoms with van der Waals surface area (Å²) in [6, 6.07) is 4.33. The zero-order chi connectivity index (χ0) is 23.9. The van der Waals surface area contributed by atoms with Gasteiger partial charge >= 0.3 is 12.2 Å². The van der Waals surface area contributed by atoms with Gasteiger partial charge < -0.3 is 15.5 Å². The minimum Gasteiger partial charge on any atom is -0.333 e. The number of halogens is 3. The molecule has 1 aliphatic heterocycles. The molecule has 1 aromatic carbocycles. The molecule has 0 saturated carbocycles. The number of nitrogens with zero attached hydrogens (tertiary/aromatic N) is 2. The summed E-state index contributed by atoms with van der Waals surface area (Å²) in [7, 11) is 0. The number of carbonyl (C=O) groups is 3. The van der Waals surface area contributed by atoms with Crippen LogP contribution in [0.2, 0.25) is 0 Å². The van der Waals surface area contributed by atoms with Crippen LogP contribution in [-0.2, 0) is 15.8 Å². The van der Waals surface area contributed by atoms with Crippen LogP contribution >= 0.6 is 0 Å². The first-order chi connectivity index (χ1) is 14.8. The number of amides is 4. The number of alkyl halides is 3. The monoisotopic (exact) mass is 457 g/mol. The SMILES string of the molecule is CC(C)(C)NC(=O)NC(=O)CCN1CCN(CC(=O)Nc2ccccc2C(F)(F)F)CC1. The molecular weight excluding hydrogens is 427 g/mol.